The summed E-state index contributed by atoms with van der Waals surface area (Å²) in [6.07, 6.45) is 6.96. The van der Waals surface area contributed by atoms with Crippen molar-refractivity contribution in [2.24, 2.45) is 0 Å². The first-order chi connectivity index (χ1) is 25.1. The number of Topliss-reactive ketones (excluding diaryl/α,β-unsaturated/α-hetero) is 1. The van der Waals surface area contributed by atoms with Crippen molar-refractivity contribution in [3.63, 3.8) is 0 Å². The molecule has 14 heteroatoms. The highest BCUT2D eigenvalue weighted by Crippen LogP contribution is 2.37. The summed E-state index contributed by atoms with van der Waals surface area (Å²) in [5, 5.41) is 11.6. The van der Waals surface area contributed by atoms with Crippen LogP contribution in [0.1, 0.15) is 63.1 Å². The van der Waals surface area contributed by atoms with E-state index >= 15 is 0 Å². The predicted molar refractivity (Wildman–Crippen MR) is 198 cm³/mol. The first-order valence-electron chi connectivity index (χ1n) is 17.3. The zero-order valence-corrected chi connectivity index (χ0v) is 30.0. The van der Waals surface area contributed by atoms with Gasteiger partial charge in [0.1, 0.15) is 34.3 Å². The largest absolute Gasteiger partial charge is 0.497 e. The van der Waals surface area contributed by atoms with Gasteiger partial charge in [-0.15, -0.1) is 0 Å². The predicted octanol–water partition coefficient (Wildman–Crippen LogP) is 6.44. The van der Waals surface area contributed by atoms with Gasteiger partial charge in [-0.3, -0.25) is 9.52 Å². The monoisotopic (exact) mass is 724 g/mol. The normalized spacial score (nSPS) is 16.2. The first-order valence-corrected chi connectivity index (χ1v) is 18.7. The number of aromatic nitrogens is 3. The Labute approximate surface area is 301 Å². The summed E-state index contributed by atoms with van der Waals surface area (Å²) in [7, 11) is -2.94. The van der Waals surface area contributed by atoms with E-state index in [2.05, 4.69) is 25.4 Å². The van der Waals surface area contributed by atoms with Gasteiger partial charge in [0.25, 0.3) is 10.0 Å². The fourth-order valence-corrected chi connectivity index (χ4v) is 8.21. The Hall–Kier alpha value is -5.63. The Kier molecular flexibility index (Phi) is 9.73. The van der Waals surface area contributed by atoms with Crippen molar-refractivity contribution >= 4 is 44.1 Å². The number of hydrogen-bond donors (Lipinski definition) is 3. The second kappa shape index (κ2) is 14.5. The van der Waals surface area contributed by atoms with Crippen molar-refractivity contribution in [1.82, 2.24) is 14.8 Å². The van der Waals surface area contributed by atoms with Gasteiger partial charge in [0, 0.05) is 35.2 Å². The van der Waals surface area contributed by atoms with E-state index in [1.807, 2.05) is 37.3 Å². The summed E-state index contributed by atoms with van der Waals surface area (Å²) in [5.41, 5.74) is 2.89. The number of carbonyl (C=O) groups excluding carboxylic acids is 1. The van der Waals surface area contributed by atoms with E-state index in [9.17, 15) is 18.0 Å². The number of anilines is 3. The Morgan fingerprint density at radius 1 is 1.04 bits per heavy atom. The van der Waals surface area contributed by atoms with Gasteiger partial charge in [0.2, 0.25) is 5.95 Å². The number of sulfonamides is 1. The lowest BCUT2D eigenvalue weighted by Crippen LogP contribution is -2.27. The van der Waals surface area contributed by atoms with Gasteiger partial charge in [-0.05, 0) is 62.1 Å². The molecule has 1 fully saturated rings. The molecular weight excluding hydrogens is 685 g/mol. The van der Waals surface area contributed by atoms with Crippen LogP contribution in [0.2, 0.25) is 0 Å². The van der Waals surface area contributed by atoms with Crippen LogP contribution >= 0.6 is 0 Å². The molecule has 2 aromatic heterocycles. The third-order valence-corrected chi connectivity index (χ3v) is 10.9. The third kappa shape index (κ3) is 6.98. The van der Waals surface area contributed by atoms with Crippen molar-refractivity contribution in [3.8, 4) is 11.5 Å². The molecule has 0 radical (unpaired) electrons. The SMILES string of the molecule is COc1ccc(OCCc2ccc(C3C(C(C)=O)=C(C)Nc4ncnn43)cc2)c(S(=O)(=O)Nc2c(NC3CCCCC3)c3ccccc3oc2=O)c1. The van der Waals surface area contributed by atoms with Crippen LogP contribution < -0.4 is 30.5 Å². The number of benzene rings is 3. The summed E-state index contributed by atoms with van der Waals surface area (Å²) in [5.74, 6) is 0.892. The van der Waals surface area contributed by atoms with E-state index in [-0.39, 0.29) is 34.8 Å². The number of carbonyl (C=O) groups is 1. The second-order valence-electron chi connectivity index (χ2n) is 13.0. The number of nitrogens with one attached hydrogen (secondary N) is 3. The molecule has 3 aromatic carbocycles. The minimum Gasteiger partial charge on any atom is -0.497 e. The molecule has 1 aliphatic heterocycles. The number of ketones is 1. The highest BCUT2D eigenvalue weighted by atomic mass is 32.2. The van der Waals surface area contributed by atoms with Crippen molar-refractivity contribution in [2.45, 2.75) is 69.4 Å². The minimum atomic E-state index is -4.39. The summed E-state index contributed by atoms with van der Waals surface area (Å²) in [6, 6.07) is 19.0. The molecule has 13 nitrogen and oxygen atoms in total. The molecular formula is C38H40N6O7S. The molecule has 5 aromatic rings. The minimum absolute atomic E-state index is 0.0634. The lowest BCUT2D eigenvalue weighted by Gasteiger charge is -2.28. The number of methoxy groups -OCH3 is 1. The molecule has 270 valence electrons. The van der Waals surface area contributed by atoms with E-state index in [1.165, 1.54) is 32.5 Å². The van der Waals surface area contributed by atoms with Gasteiger partial charge in [-0.25, -0.2) is 17.9 Å². The Morgan fingerprint density at radius 2 is 1.81 bits per heavy atom. The topological polar surface area (TPSA) is 167 Å². The maximum Gasteiger partial charge on any atom is 0.363 e. The van der Waals surface area contributed by atoms with Gasteiger partial charge in [-0.2, -0.15) is 10.1 Å². The number of para-hydroxylation sites is 1. The van der Waals surface area contributed by atoms with Crippen LogP contribution in [-0.4, -0.2) is 48.7 Å². The van der Waals surface area contributed by atoms with Crippen molar-refractivity contribution in [1.29, 1.82) is 0 Å². The van der Waals surface area contributed by atoms with Gasteiger partial charge < -0.3 is 24.5 Å². The number of nitrogens with zero attached hydrogens (tertiary/aromatic N) is 3. The lowest BCUT2D eigenvalue weighted by molar-refractivity contribution is -0.114. The van der Waals surface area contributed by atoms with Gasteiger partial charge in [0.15, 0.2) is 11.5 Å². The van der Waals surface area contributed by atoms with Crippen molar-refractivity contribution in [2.75, 3.05) is 29.1 Å². The molecule has 1 atom stereocenters. The second-order valence-corrected chi connectivity index (χ2v) is 14.7. The molecule has 1 aliphatic carbocycles. The van der Waals surface area contributed by atoms with Gasteiger partial charge >= 0.3 is 5.63 Å². The molecule has 3 heterocycles. The van der Waals surface area contributed by atoms with Crippen molar-refractivity contribution in [3.05, 3.63) is 106 Å². The van der Waals surface area contributed by atoms with Crippen LogP contribution in [0.4, 0.5) is 17.3 Å². The molecule has 1 unspecified atom stereocenters. The summed E-state index contributed by atoms with van der Waals surface area (Å²) in [6.45, 7) is 3.54. The highest BCUT2D eigenvalue weighted by Gasteiger charge is 2.32. The Morgan fingerprint density at radius 3 is 2.56 bits per heavy atom. The molecule has 0 bridgehead atoms. The van der Waals surface area contributed by atoms with Crippen molar-refractivity contribution < 1.29 is 27.1 Å². The molecule has 3 N–H and O–H groups in total. The zero-order valence-electron chi connectivity index (χ0n) is 29.1. The fourth-order valence-electron chi connectivity index (χ4n) is 6.98. The average molecular weight is 725 g/mol. The van der Waals surface area contributed by atoms with Gasteiger partial charge in [-0.1, -0.05) is 55.7 Å². The maximum absolute atomic E-state index is 14.1. The molecule has 52 heavy (non-hydrogen) atoms. The summed E-state index contributed by atoms with van der Waals surface area (Å²) >= 11 is 0. The Bertz CT molecular complexity index is 2330. The molecule has 0 spiro atoms. The third-order valence-electron chi connectivity index (χ3n) is 9.56. The maximum atomic E-state index is 14.1. The molecule has 0 amide bonds. The van der Waals surface area contributed by atoms with Crippen LogP contribution in [0.3, 0.4) is 0 Å². The number of rotatable bonds is 12. The lowest BCUT2D eigenvalue weighted by atomic mass is 9.92. The molecule has 1 saturated carbocycles. The smallest absolute Gasteiger partial charge is 0.363 e. The van der Waals surface area contributed by atoms with Crippen LogP contribution in [-0.2, 0) is 21.2 Å². The first kappa shape index (κ1) is 34.8. The molecule has 7 rings (SSSR count). The summed E-state index contributed by atoms with van der Waals surface area (Å²) < 4.78 is 49.5. The quantitative estimate of drug-likeness (QED) is 0.121. The van der Waals surface area contributed by atoms with E-state index in [0.29, 0.717) is 40.3 Å². The molecule has 0 saturated heterocycles. The van der Waals surface area contributed by atoms with Crippen LogP contribution in [0.15, 0.2) is 98.4 Å². The van der Waals surface area contributed by atoms with E-state index in [1.54, 1.807) is 28.9 Å². The van der Waals surface area contributed by atoms with E-state index in [4.69, 9.17) is 13.9 Å². The van der Waals surface area contributed by atoms with Crippen LogP contribution in [0.25, 0.3) is 11.0 Å². The van der Waals surface area contributed by atoms with Crippen LogP contribution in [0.5, 0.6) is 11.5 Å². The average Bonchev–Trinajstić information content (AvgIpc) is 3.61. The number of fused-ring (bicyclic) bond motifs is 2. The number of hydrogen-bond acceptors (Lipinski definition) is 11. The standard InChI is InChI=1S/C38H40N6O7S/c1-23-33(24(2)45)36(44-38(41-23)39-22-40-44)26-15-13-25(14-16-26)19-20-50-31-18-17-28(49-3)21-32(31)52(47,48)43-35-34(42-27-9-5-4-6-10-27)29-11-7-8-12-30(29)51-37(35)46/h7-8,11-18,21-22,27,36,42-43H,4-6,9-10,19-20H2,1-3H3,(H,39,40,41). The number of allylic oxidation sites excluding steroid dienone is 2. The molecule has 2 aliphatic rings. The number of ether oxygens (including phenoxy) is 2. The Balaban J connectivity index is 1.12. The summed E-state index contributed by atoms with van der Waals surface area (Å²) in [4.78, 5) is 30.1. The van der Waals surface area contributed by atoms with E-state index < -0.39 is 21.7 Å². The highest BCUT2D eigenvalue weighted by molar-refractivity contribution is 7.92. The fraction of sp³-hybridized carbons (Fsp3) is 0.316. The zero-order chi connectivity index (χ0) is 36.4. The van der Waals surface area contributed by atoms with E-state index in [0.717, 1.165) is 48.9 Å². The van der Waals surface area contributed by atoms with Gasteiger partial charge in [0.05, 0.1) is 19.4 Å². The van der Waals surface area contributed by atoms with Crippen LogP contribution in [0, 0.1) is 0 Å².